The number of hydrogen-bond donors (Lipinski definition) is 3. The lowest BCUT2D eigenvalue weighted by atomic mass is 9.67. The Labute approximate surface area is 65.5 Å². The molecule has 2 atom stereocenters. The molecule has 0 aromatic heterocycles. The predicted octanol–water partition coefficient (Wildman–Crippen LogP) is -0.570. The van der Waals surface area contributed by atoms with Crippen LogP contribution in [0.4, 0.5) is 0 Å². The molecule has 3 N–H and O–H groups in total. The van der Waals surface area contributed by atoms with E-state index in [1.54, 1.807) is 0 Å². The third kappa shape index (κ3) is 1.86. The summed E-state index contributed by atoms with van der Waals surface area (Å²) in [6.45, 7) is 1.50. The molecule has 1 saturated heterocycles. The van der Waals surface area contributed by atoms with Gasteiger partial charge in [0.2, 0.25) is 0 Å². The highest BCUT2D eigenvalue weighted by Gasteiger charge is 2.32. The quantitative estimate of drug-likeness (QED) is 0.358. The molecule has 0 aromatic carbocycles. The zero-order chi connectivity index (χ0) is 7.56. The Morgan fingerprint density at radius 3 is 2.60 bits per heavy atom. The monoisotopic (exact) mass is 163 g/mol. The van der Waals surface area contributed by atoms with Crippen molar-refractivity contribution in [3.63, 3.8) is 0 Å². The van der Waals surface area contributed by atoms with Crippen molar-refractivity contribution >= 4 is 18.7 Å². The van der Waals surface area contributed by atoms with E-state index in [0.717, 1.165) is 13.0 Å². The molecule has 0 amide bonds. The van der Waals surface area contributed by atoms with Gasteiger partial charge in [-0.2, -0.15) is 0 Å². The third-order valence-electron chi connectivity index (χ3n) is 1.84. The van der Waals surface area contributed by atoms with E-state index in [-0.39, 0.29) is 11.2 Å². The van der Waals surface area contributed by atoms with Crippen LogP contribution >= 0.6 is 11.6 Å². The third-order valence-corrected chi connectivity index (χ3v) is 2.32. The van der Waals surface area contributed by atoms with Crippen molar-refractivity contribution in [1.29, 1.82) is 0 Å². The SMILES string of the molecule is OB(O)C1CCNCC1Cl. The van der Waals surface area contributed by atoms with Crippen molar-refractivity contribution in [2.24, 2.45) is 0 Å². The summed E-state index contributed by atoms with van der Waals surface area (Å²) in [4.78, 5) is 0. The first-order valence-corrected chi connectivity index (χ1v) is 3.86. The first-order valence-electron chi connectivity index (χ1n) is 3.42. The van der Waals surface area contributed by atoms with Gasteiger partial charge in [-0.05, 0) is 13.0 Å². The lowest BCUT2D eigenvalue weighted by Gasteiger charge is -2.26. The topological polar surface area (TPSA) is 52.5 Å². The molecule has 0 saturated carbocycles. The number of nitrogens with one attached hydrogen (secondary N) is 1. The molecule has 0 aromatic rings. The van der Waals surface area contributed by atoms with Crippen LogP contribution in [-0.4, -0.2) is 35.6 Å². The van der Waals surface area contributed by atoms with Crippen LogP contribution in [0, 0.1) is 0 Å². The van der Waals surface area contributed by atoms with Crippen molar-refractivity contribution in [1.82, 2.24) is 5.32 Å². The minimum Gasteiger partial charge on any atom is -0.427 e. The van der Waals surface area contributed by atoms with Crippen LogP contribution in [0.15, 0.2) is 0 Å². The van der Waals surface area contributed by atoms with Gasteiger partial charge in [-0.1, -0.05) is 0 Å². The molecule has 1 rings (SSSR count). The summed E-state index contributed by atoms with van der Waals surface area (Å²) in [6.07, 6.45) is 0.742. The fourth-order valence-corrected chi connectivity index (χ4v) is 1.54. The largest absolute Gasteiger partial charge is 0.456 e. The summed E-state index contributed by atoms with van der Waals surface area (Å²) in [7, 11) is -1.26. The molecule has 5 heteroatoms. The van der Waals surface area contributed by atoms with Gasteiger partial charge in [0.1, 0.15) is 0 Å². The van der Waals surface area contributed by atoms with Gasteiger partial charge in [-0.15, -0.1) is 11.6 Å². The normalized spacial score (nSPS) is 33.9. The van der Waals surface area contributed by atoms with Gasteiger partial charge in [0.05, 0.1) is 0 Å². The second kappa shape index (κ2) is 3.58. The molecule has 0 aliphatic carbocycles. The van der Waals surface area contributed by atoms with Gasteiger partial charge >= 0.3 is 7.12 Å². The van der Waals surface area contributed by atoms with Crippen LogP contribution in [0.5, 0.6) is 0 Å². The van der Waals surface area contributed by atoms with Gasteiger partial charge in [0.25, 0.3) is 0 Å². The number of alkyl halides is 1. The first-order chi connectivity index (χ1) is 4.72. The van der Waals surface area contributed by atoms with Crippen molar-refractivity contribution in [2.75, 3.05) is 13.1 Å². The molecule has 58 valence electrons. The van der Waals surface area contributed by atoms with Crippen molar-refractivity contribution < 1.29 is 10.0 Å². The molecule has 3 nitrogen and oxygen atoms in total. The van der Waals surface area contributed by atoms with Crippen LogP contribution in [0.3, 0.4) is 0 Å². The highest BCUT2D eigenvalue weighted by Crippen LogP contribution is 2.24. The molecule has 0 spiro atoms. The van der Waals surface area contributed by atoms with Crippen LogP contribution < -0.4 is 5.32 Å². The number of hydrogen-bond acceptors (Lipinski definition) is 3. The minimum absolute atomic E-state index is 0.145. The molecule has 0 radical (unpaired) electrons. The van der Waals surface area contributed by atoms with E-state index < -0.39 is 7.12 Å². The van der Waals surface area contributed by atoms with Crippen molar-refractivity contribution in [3.05, 3.63) is 0 Å². The second-order valence-corrected chi connectivity index (χ2v) is 3.15. The van der Waals surface area contributed by atoms with Crippen molar-refractivity contribution in [3.8, 4) is 0 Å². The van der Waals surface area contributed by atoms with Gasteiger partial charge < -0.3 is 15.4 Å². The fourth-order valence-electron chi connectivity index (χ4n) is 1.18. The van der Waals surface area contributed by atoms with E-state index in [2.05, 4.69) is 5.32 Å². The van der Waals surface area contributed by atoms with E-state index in [4.69, 9.17) is 21.6 Å². The first kappa shape index (κ1) is 8.33. The lowest BCUT2D eigenvalue weighted by Crippen LogP contribution is -2.41. The van der Waals surface area contributed by atoms with E-state index >= 15 is 0 Å². The molecule has 1 aliphatic heterocycles. The Morgan fingerprint density at radius 2 is 2.20 bits per heavy atom. The van der Waals surface area contributed by atoms with Crippen LogP contribution in [0.1, 0.15) is 6.42 Å². The standard InChI is InChI=1S/C5H11BClNO2/c7-5-3-8-2-1-4(5)6(9)10/h4-5,8-10H,1-3H2. The molecule has 1 aliphatic rings. The smallest absolute Gasteiger partial charge is 0.427 e. The van der Waals surface area contributed by atoms with E-state index in [0.29, 0.717) is 6.54 Å². The average molecular weight is 163 g/mol. The molecular formula is C5H11BClNO2. The molecule has 1 fully saturated rings. The Morgan fingerprint density at radius 1 is 1.50 bits per heavy atom. The highest BCUT2D eigenvalue weighted by atomic mass is 35.5. The van der Waals surface area contributed by atoms with Crippen molar-refractivity contribution in [2.45, 2.75) is 17.6 Å². The van der Waals surface area contributed by atoms with Gasteiger partial charge in [0, 0.05) is 17.7 Å². The minimum atomic E-state index is -1.26. The summed E-state index contributed by atoms with van der Waals surface area (Å²) >= 11 is 5.80. The number of piperidine rings is 1. The second-order valence-electron chi connectivity index (χ2n) is 2.59. The molecule has 1 heterocycles. The van der Waals surface area contributed by atoms with E-state index in [1.165, 1.54) is 0 Å². The highest BCUT2D eigenvalue weighted by molar-refractivity contribution is 6.45. The van der Waals surface area contributed by atoms with E-state index in [1.807, 2.05) is 0 Å². The van der Waals surface area contributed by atoms with Gasteiger partial charge in [-0.3, -0.25) is 0 Å². The zero-order valence-corrected chi connectivity index (χ0v) is 6.38. The zero-order valence-electron chi connectivity index (χ0n) is 5.63. The predicted molar refractivity (Wildman–Crippen MR) is 41.1 cm³/mol. The summed E-state index contributed by atoms with van der Waals surface area (Å²) in [5, 5.41) is 20.5. The van der Waals surface area contributed by atoms with Gasteiger partial charge in [-0.25, -0.2) is 0 Å². The maximum absolute atomic E-state index is 8.79. The van der Waals surface area contributed by atoms with Gasteiger partial charge in [0.15, 0.2) is 0 Å². The maximum atomic E-state index is 8.79. The Bertz CT molecular complexity index is 114. The molecule has 2 unspecified atom stereocenters. The van der Waals surface area contributed by atoms with Crippen LogP contribution in [-0.2, 0) is 0 Å². The Kier molecular flexibility index (Phi) is 2.98. The molecule has 10 heavy (non-hydrogen) atoms. The summed E-state index contributed by atoms with van der Waals surface area (Å²) < 4.78 is 0. The summed E-state index contributed by atoms with van der Waals surface area (Å²) in [6, 6.07) is 0. The molecule has 0 bridgehead atoms. The average Bonchev–Trinajstić information content (AvgIpc) is 1.88. The summed E-state index contributed by atoms with van der Waals surface area (Å²) in [5.41, 5.74) is 0. The Balaban J connectivity index is 2.40. The fraction of sp³-hybridized carbons (Fsp3) is 1.00. The van der Waals surface area contributed by atoms with Crippen LogP contribution in [0.25, 0.3) is 0 Å². The number of halogens is 1. The molecular weight excluding hydrogens is 152 g/mol. The summed E-state index contributed by atoms with van der Waals surface area (Å²) in [5.74, 6) is -0.164. The maximum Gasteiger partial charge on any atom is 0.456 e. The lowest BCUT2D eigenvalue weighted by molar-refractivity contribution is 0.359. The van der Waals surface area contributed by atoms with E-state index in [9.17, 15) is 0 Å². The van der Waals surface area contributed by atoms with Crippen LogP contribution in [0.2, 0.25) is 5.82 Å². The number of rotatable bonds is 1. The Hall–Kier alpha value is 0.235.